The zero-order valence-corrected chi connectivity index (χ0v) is 7.75. The molecular weight excluding hydrogens is 198 g/mol. The van der Waals surface area contributed by atoms with Crippen LogP contribution in [0.5, 0.6) is 0 Å². The maximum atomic E-state index is 10.4. The Hall–Kier alpha value is -2.24. The Bertz CT molecular complexity index is 398. The summed E-state index contributed by atoms with van der Waals surface area (Å²) in [6.45, 7) is 0. The van der Waals surface area contributed by atoms with Crippen LogP contribution in [-0.4, -0.2) is 27.0 Å². The number of carboxylic acids is 1. The minimum absolute atomic E-state index is 0.126. The van der Waals surface area contributed by atoms with E-state index in [1.54, 1.807) is 12.2 Å². The molecule has 0 saturated carbocycles. The van der Waals surface area contributed by atoms with Crippen LogP contribution in [0.2, 0.25) is 0 Å². The molecule has 0 spiro atoms. The van der Waals surface area contributed by atoms with Crippen LogP contribution in [0.25, 0.3) is 6.08 Å². The molecule has 15 heavy (non-hydrogen) atoms. The molecule has 0 unspecified atom stereocenters. The number of aromatic carboxylic acids is 1. The van der Waals surface area contributed by atoms with Crippen molar-refractivity contribution in [3.05, 3.63) is 29.9 Å². The van der Waals surface area contributed by atoms with E-state index >= 15 is 0 Å². The van der Waals surface area contributed by atoms with Gasteiger partial charge >= 0.3 is 5.97 Å². The first-order chi connectivity index (χ1) is 7.09. The third-order valence-corrected chi connectivity index (χ3v) is 1.49. The highest BCUT2D eigenvalue weighted by Crippen LogP contribution is 1.99. The number of rotatable bonds is 4. The topological polar surface area (TPSA) is 106 Å². The smallest absolute Gasteiger partial charge is 0.373 e. The van der Waals surface area contributed by atoms with Crippen LogP contribution >= 0.6 is 0 Å². The van der Waals surface area contributed by atoms with E-state index in [0.29, 0.717) is 5.56 Å². The molecule has 1 amide bonds. The number of hydrogen-bond donors (Lipinski definition) is 2. The van der Waals surface area contributed by atoms with Crippen LogP contribution < -0.4 is 5.73 Å². The Kier molecular flexibility index (Phi) is 3.50. The molecule has 1 rings (SSSR count). The molecule has 3 N–H and O–H groups in total. The molecular formula is C9H9N3O3. The van der Waals surface area contributed by atoms with Gasteiger partial charge in [-0.15, -0.1) is 0 Å². The second-order valence-corrected chi connectivity index (χ2v) is 2.72. The SMILES string of the molecule is NC(=O)CC=Cc1cnc(C(=O)O)nc1. The lowest BCUT2D eigenvalue weighted by molar-refractivity contribution is -0.117. The van der Waals surface area contributed by atoms with Gasteiger partial charge in [0.05, 0.1) is 0 Å². The fourth-order valence-corrected chi connectivity index (χ4v) is 0.846. The zero-order valence-electron chi connectivity index (χ0n) is 7.75. The van der Waals surface area contributed by atoms with Crippen molar-refractivity contribution in [2.24, 2.45) is 5.73 Å². The minimum atomic E-state index is -1.18. The van der Waals surface area contributed by atoms with E-state index in [1.807, 2.05) is 0 Å². The summed E-state index contributed by atoms with van der Waals surface area (Å²) in [7, 11) is 0. The van der Waals surface area contributed by atoms with Crippen LogP contribution in [0.3, 0.4) is 0 Å². The second-order valence-electron chi connectivity index (χ2n) is 2.72. The number of amides is 1. The van der Waals surface area contributed by atoms with Gasteiger partial charge in [0.2, 0.25) is 11.7 Å². The average Bonchev–Trinajstić information content (AvgIpc) is 2.18. The Balaban J connectivity index is 2.68. The molecule has 1 aromatic heterocycles. The van der Waals surface area contributed by atoms with Crippen molar-refractivity contribution < 1.29 is 14.7 Å². The van der Waals surface area contributed by atoms with Crippen molar-refractivity contribution in [2.45, 2.75) is 6.42 Å². The Morgan fingerprint density at radius 2 is 2.00 bits per heavy atom. The summed E-state index contributed by atoms with van der Waals surface area (Å²) in [6.07, 6.45) is 5.99. The van der Waals surface area contributed by atoms with Crippen molar-refractivity contribution in [1.82, 2.24) is 9.97 Å². The summed E-state index contributed by atoms with van der Waals surface area (Å²) in [5.41, 5.74) is 5.53. The molecule has 0 radical (unpaired) electrons. The maximum Gasteiger partial charge on any atom is 0.373 e. The van der Waals surface area contributed by atoms with Gasteiger partial charge in [0.1, 0.15) is 0 Å². The lowest BCUT2D eigenvalue weighted by atomic mass is 10.3. The number of nitrogens with zero attached hydrogens (tertiary/aromatic N) is 2. The van der Waals surface area contributed by atoms with Crippen molar-refractivity contribution in [1.29, 1.82) is 0 Å². The summed E-state index contributed by atoms with van der Waals surface area (Å²) in [5.74, 6) is -1.88. The largest absolute Gasteiger partial charge is 0.475 e. The third kappa shape index (κ3) is 3.55. The maximum absolute atomic E-state index is 10.4. The molecule has 1 heterocycles. The summed E-state index contributed by atoms with van der Waals surface area (Å²) in [6, 6.07) is 0. The molecule has 6 heteroatoms. The van der Waals surface area contributed by atoms with Gasteiger partial charge in [0, 0.05) is 24.4 Å². The number of carbonyl (C=O) groups is 2. The zero-order chi connectivity index (χ0) is 11.3. The summed E-state index contributed by atoms with van der Waals surface area (Å²) >= 11 is 0. The molecule has 0 bridgehead atoms. The highest BCUT2D eigenvalue weighted by atomic mass is 16.4. The van der Waals surface area contributed by atoms with Crippen molar-refractivity contribution in [3.8, 4) is 0 Å². The molecule has 0 fully saturated rings. The number of carboxylic acid groups (broad SMARTS) is 1. The summed E-state index contributed by atoms with van der Waals surface area (Å²) < 4.78 is 0. The molecule has 0 aliphatic heterocycles. The number of primary amides is 1. The van der Waals surface area contributed by atoms with Crippen LogP contribution in [0.15, 0.2) is 18.5 Å². The molecule has 1 aromatic rings. The fraction of sp³-hybridized carbons (Fsp3) is 0.111. The normalized spacial score (nSPS) is 10.4. The lowest BCUT2D eigenvalue weighted by Gasteiger charge is -1.93. The van der Waals surface area contributed by atoms with E-state index in [9.17, 15) is 9.59 Å². The number of carbonyl (C=O) groups excluding carboxylic acids is 1. The predicted octanol–water partition coefficient (Wildman–Crippen LogP) is 0.0634. The van der Waals surface area contributed by atoms with Crippen molar-refractivity contribution in [3.63, 3.8) is 0 Å². The number of nitrogens with two attached hydrogens (primary N) is 1. The van der Waals surface area contributed by atoms with Crippen molar-refractivity contribution >= 4 is 18.0 Å². The van der Waals surface area contributed by atoms with E-state index in [-0.39, 0.29) is 12.2 Å². The van der Waals surface area contributed by atoms with Crippen molar-refractivity contribution in [2.75, 3.05) is 0 Å². The van der Waals surface area contributed by atoms with Gasteiger partial charge in [-0.3, -0.25) is 4.79 Å². The monoisotopic (exact) mass is 207 g/mol. The van der Waals surface area contributed by atoms with E-state index in [2.05, 4.69) is 9.97 Å². The standard InChI is InChI=1S/C9H9N3O3/c10-7(13)3-1-2-6-4-11-8(9(14)15)12-5-6/h1-2,4-5H,3H2,(H2,10,13)(H,14,15). The number of aromatic nitrogens is 2. The third-order valence-electron chi connectivity index (χ3n) is 1.49. The lowest BCUT2D eigenvalue weighted by Crippen LogP contribution is -2.08. The molecule has 0 aliphatic carbocycles. The first-order valence-electron chi connectivity index (χ1n) is 4.10. The van der Waals surface area contributed by atoms with Gasteiger partial charge in [-0.1, -0.05) is 12.2 Å². The van der Waals surface area contributed by atoms with Gasteiger partial charge in [-0.25, -0.2) is 14.8 Å². The quantitative estimate of drug-likeness (QED) is 0.726. The van der Waals surface area contributed by atoms with Gasteiger partial charge in [-0.2, -0.15) is 0 Å². The first-order valence-corrected chi connectivity index (χ1v) is 4.10. The van der Waals surface area contributed by atoms with Crippen LogP contribution in [0, 0.1) is 0 Å². The van der Waals surface area contributed by atoms with E-state index in [4.69, 9.17) is 10.8 Å². The Labute approximate surface area is 85.5 Å². The summed E-state index contributed by atoms with van der Waals surface area (Å²) in [5, 5.41) is 8.52. The number of hydrogen-bond acceptors (Lipinski definition) is 4. The van der Waals surface area contributed by atoms with Crippen LogP contribution in [0.1, 0.15) is 22.6 Å². The van der Waals surface area contributed by atoms with Crippen LogP contribution in [0.4, 0.5) is 0 Å². The molecule has 0 atom stereocenters. The first kappa shape index (κ1) is 10.8. The molecule has 0 aromatic carbocycles. The van der Waals surface area contributed by atoms with E-state index < -0.39 is 11.9 Å². The Morgan fingerprint density at radius 3 is 2.47 bits per heavy atom. The predicted molar refractivity (Wildman–Crippen MR) is 51.8 cm³/mol. The van der Waals surface area contributed by atoms with Gasteiger partial charge in [-0.05, 0) is 0 Å². The minimum Gasteiger partial charge on any atom is -0.475 e. The van der Waals surface area contributed by atoms with E-state index in [0.717, 1.165) is 0 Å². The van der Waals surface area contributed by atoms with E-state index in [1.165, 1.54) is 12.4 Å². The van der Waals surface area contributed by atoms with Gasteiger partial charge in [0.25, 0.3) is 0 Å². The Morgan fingerprint density at radius 1 is 1.40 bits per heavy atom. The highest BCUT2D eigenvalue weighted by molar-refractivity contribution is 5.83. The fourth-order valence-electron chi connectivity index (χ4n) is 0.846. The molecule has 6 nitrogen and oxygen atoms in total. The molecule has 0 saturated heterocycles. The average molecular weight is 207 g/mol. The second kappa shape index (κ2) is 4.85. The summed E-state index contributed by atoms with van der Waals surface area (Å²) in [4.78, 5) is 28.0. The highest BCUT2D eigenvalue weighted by Gasteiger charge is 2.03. The van der Waals surface area contributed by atoms with Gasteiger partial charge in [0.15, 0.2) is 0 Å². The molecule has 78 valence electrons. The van der Waals surface area contributed by atoms with Gasteiger partial charge < -0.3 is 10.8 Å². The molecule has 0 aliphatic rings. The van der Waals surface area contributed by atoms with Crippen LogP contribution in [-0.2, 0) is 4.79 Å².